The topological polar surface area (TPSA) is 37.3 Å². The van der Waals surface area contributed by atoms with E-state index in [0.717, 1.165) is 0 Å². The molecule has 0 rings (SSSR count). The third-order valence-electron chi connectivity index (χ3n) is 0.481. The van der Waals surface area contributed by atoms with Crippen LogP contribution in [-0.4, -0.2) is 23.7 Å². The lowest BCUT2D eigenvalue weighted by Gasteiger charge is -2.02. The number of hydrogen-bond donors (Lipinski definition) is 1. The zero-order chi connectivity index (χ0) is 6.78. The Bertz CT molecular complexity index is 101. The summed E-state index contributed by atoms with van der Waals surface area (Å²) in [5.41, 5.74) is 0. The average molecular weight is 128 g/mol. The first kappa shape index (κ1) is 7.26. The van der Waals surface area contributed by atoms with Crippen LogP contribution in [0.5, 0.6) is 0 Å². The van der Waals surface area contributed by atoms with Gasteiger partial charge in [-0.05, 0) is 0 Å². The predicted octanol–water partition coefficient (Wildman–Crippen LogP) is 0.676. The van der Waals surface area contributed by atoms with Crippen molar-refractivity contribution in [2.45, 2.75) is 5.92 Å². The Morgan fingerprint density at radius 3 is 2.00 bits per heavy atom. The third-order valence-corrected chi connectivity index (χ3v) is 0.481. The van der Waals surface area contributed by atoms with Crippen molar-refractivity contribution in [2.75, 3.05) is 6.67 Å². The molecule has 0 fully saturated rings. The number of rotatable bonds is 2. The molecule has 0 saturated heterocycles. The summed E-state index contributed by atoms with van der Waals surface area (Å²) in [7, 11) is 0. The first-order chi connectivity index (χ1) is 3.50. The number of alkyl halides is 3. The van der Waals surface area contributed by atoms with Crippen molar-refractivity contribution in [3.8, 4) is 0 Å². The van der Waals surface area contributed by atoms with Gasteiger partial charge < -0.3 is 5.11 Å². The smallest absolute Gasteiger partial charge is 0.377 e. The van der Waals surface area contributed by atoms with Gasteiger partial charge in [0.05, 0.1) is 0 Å². The van der Waals surface area contributed by atoms with Crippen LogP contribution < -0.4 is 0 Å². The Balaban J connectivity index is 3.91. The monoisotopic (exact) mass is 128 g/mol. The molecule has 0 unspecified atom stereocenters. The lowest BCUT2D eigenvalue weighted by atomic mass is 10.4. The van der Waals surface area contributed by atoms with Gasteiger partial charge in [0.1, 0.15) is 0 Å². The number of hydrogen-bond acceptors (Lipinski definition) is 1. The zero-order valence-electron chi connectivity index (χ0n) is 3.70. The van der Waals surface area contributed by atoms with E-state index < -0.39 is 18.6 Å². The van der Waals surface area contributed by atoms with Crippen LogP contribution in [0, 0.1) is 0 Å². The van der Waals surface area contributed by atoms with Gasteiger partial charge in [0.25, 0.3) is 0 Å². The van der Waals surface area contributed by atoms with Crippen LogP contribution in [0.15, 0.2) is 0 Å². The summed E-state index contributed by atoms with van der Waals surface area (Å²) in [6, 6.07) is 0. The van der Waals surface area contributed by atoms with Gasteiger partial charge in [-0.15, -0.1) is 0 Å². The molecule has 0 aromatic heterocycles. The van der Waals surface area contributed by atoms with E-state index in [1.165, 1.54) is 0 Å². The maximum atomic E-state index is 11.3. The van der Waals surface area contributed by atoms with E-state index in [1.54, 1.807) is 0 Å². The third kappa shape index (κ3) is 1.40. The van der Waals surface area contributed by atoms with E-state index in [4.69, 9.17) is 5.11 Å². The number of carbonyl (C=O) groups is 1. The Morgan fingerprint density at radius 2 is 2.00 bits per heavy atom. The van der Waals surface area contributed by atoms with Gasteiger partial charge >= 0.3 is 11.9 Å². The lowest BCUT2D eigenvalue weighted by Crippen LogP contribution is -2.30. The summed E-state index contributed by atoms with van der Waals surface area (Å²) < 4.78 is 33.5. The van der Waals surface area contributed by atoms with Crippen molar-refractivity contribution < 1.29 is 23.1 Å². The summed E-state index contributed by atoms with van der Waals surface area (Å²) in [4.78, 5) is 9.26. The molecule has 0 aliphatic heterocycles. The second-order valence-corrected chi connectivity index (χ2v) is 1.14. The minimum Gasteiger partial charge on any atom is -0.477 e. The average Bonchev–Trinajstić information content (AvgIpc) is 1.67. The molecule has 0 amide bonds. The SMILES string of the molecule is O=C(O)C(F)(F)CF. The zero-order valence-corrected chi connectivity index (χ0v) is 3.70. The first-order valence-electron chi connectivity index (χ1n) is 1.68. The maximum absolute atomic E-state index is 11.3. The van der Waals surface area contributed by atoms with Crippen LogP contribution in [0.25, 0.3) is 0 Å². The lowest BCUT2D eigenvalue weighted by molar-refractivity contribution is -0.166. The molecule has 0 saturated carbocycles. The molecule has 0 radical (unpaired) electrons. The van der Waals surface area contributed by atoms with Crippen molar-refractivity contribution in [1.29, 1.82) is 0 Å². The minimum absolute atomic E-state index is 2.15. The number of carboxylic acid groups (broad SMARTS) is 1. The molecule has 0 spiro atoms. The van der Waals surface area contributed by atoms with Gasteiger partial charge in [-0.3, -0.25) is 0 Å². The van der Waals surface area contributed by atoms with E-state index in [0.29, 0.717) is 0 Å². The number of carboxylic acids is 1. The highest BCUT2D eigenvalue weighted by molar-refractivity contribution is 5.75. The van der Waals surface area contributed by atoms with Crippen molar-refractivity contribution in [3.63, 3.8) is 0 Å². The van der Waals surface area contributed by atoms with Crippen LogP contribution in [0.2, 0.25) is 0 Å². The number of aliphatic carboxylic acids is 1. The largest absolute Gasteiger partial charge is 0.477 e. The van der Waals surface area contributed by atoms with Gasteiger partial charge in [-0.2, -0.15) is 8.78 Å². The fourth-order valence-electron chi connectivity index (χ4n) is 0.0572. The highest BCUT2D eigenvalue weighted by Gasteiger charge is 2.38. The van der Waals surface area contributed by atoms with Gasteiger partial charge in [-0.1, -0.05) is 0 Å². The second-order valence-electron chi connectivity index (χ2n) is 1.14. The van der Waals surface area contributed by atoms with Gasteiger partial charge in [0.15, 0.2) is 6.67 Å². The molecule has 0 aromatic carbocycles. The minimum atomic E-state index is -4.21. The Morgan fingerprint density at radius 1 is 1.62 bits per heavy atom. The van der Waals surface area contributed by atoms with E-state index in [2.05, 4.69) is 0 Å². The molecule has 0 aromatic rings. The fraction of sp³-hybridized carbons (Fsp3) is 0.667. The molecule has 48 valence electrons. The Hall–Kier alpha value is -0.740. The number of halogens is 3. The van der Waals surface area contributed by atoms with E-state index >= 15 is 0 Å². The van der Waals surface area contributed by atoms with Crippen molar-refractivity contribution in [3.05, 3.63) is 0 Å². The molecule has 0 heterocycles. The molecule has 0 aliphatic rings. The predicted molar refractivity (Wildman–Crippen MR) is 18.6 cm³/mol. The summed E-state index contributed by atoms with van der Waals surface area (Å²) >= 11 is 0. The highest BCUT2D eigenvalue weighted by Crippen LogP contribution is 2.12. The summed E-state index contributed by atoms with van der Waals surface area (Å²) in [6.07, 6.45) is 0. The molecule has 8 heavy (non-hydrogen) atoms. The quantitative estimate of drug-likeness (QED) is 0.593. The summed E-state index contributed by atoms with van der Waals surface area (Å²) in [6.45, 7) is -2.15. The first-order valence-corrected chi connectivity index (χ1v) is 1.68. The maximum Gasteiger partial charge on any atom is 0.377 e. The highest BCUT2D eigenvalue weighted by atomic mass is 19.3. The van der Waals surface area contributed by atoms with E-state index in [1.807, 2.05) is 0 Å². The molecule has 0 atom stereocenters. The summed E-state index contributed by atoms with van der Waals surface area (Å²) in [5.74, 6) is -6.64. The van der Waals surface area contributed by atoms with Gasteiger partial charge in [0, 0.05) is 0 Å². The molecule has 0 bridgehead atoms. The van der Waals surface area contributed by atoms with Gasteiger partial charge in [-0.25, -0.2) is 9.18 Å². The summed E-state index contributed by atoms with van der Waals surface area (Å²) in [5, 5.41) is 7.45. The van der Waals surface area contributed by atoms with Crippen LogP contribution >= 0.6 is 0 Å². The van der Waals surface area contributed by atoms with Crippen LogP contribution in [-0.2, 0) is 4.79 Å². The normalized spacial score (nSPS) is 11.4. The van der Waals surface area contributed by atoms with Crippen molar-refractivity contribution in [1.82, 2.24) is 0 Å². The fourth-order valence-corrected chi connectivity index (χ4v) is 0.0572. The second kappa shape index (κ2) is 2.02. The molecule has 5 heteroatoms. The standard InChI is InChI=1S/C3H3F3O2/c4-1-3(5,6)2(7)8/h1H2,(H,7,8). The molecular formula is C3H3F3O2. The Labute approximate surface area is 42.9 Å². The molecule has 2 nitrogen and oxygen atoms in total. The molecule has 0 aliphatic carbocycles. The molecular weight excluding hydrogens is 125 g/mol. The van der Waals surface area contributed by atoms with Crippen molar-refractivity contribution in [2.24, 2.45) is 0 Å². The Kier molecular flexibility index (Phi) is 1.83. The van der Waals surface area contributed by atoms with Crippen LogP contribution in [0.3, 0.4) is 0 Å². The van der Waals surface area contributed by atoms with Crippen molar-refractivity contribution >= 4 is 5.97 Å². The van der Waals surface area contributed by atoms with Crippen LogP contribution in [0.4, 0.5) is 13.2 Å². The van der Waals surface area contributed by atoms with E-state index in [9.17, 15) is 18.0 Å². The van der Waals surface area contributed by atoms with E-state index in [-0.39, 0.29) is 0 Å². The van der Waals surface area contributed by atoms with Gasteiger partial charge in [0.2, 0.25) is 0 Å². The molecule has 1 N–H and O–H groups in total. The van der Waals surface area contributed by atoms with Crippen LogP contribution in [0.1, 0.15) is 0 Å².